The van der Waals surface area contributed by atoms with Gasteiger partial charge in [-0.05, 0) is 66.9 Å². The first kappa shape index (κ1) is 21.1. The van der Waals surface area contributed by atoms with E-state index >= 15 is 0 Å². The van der Waals surface area contributed by atoms with Crippen LogP contribution >= 0.6 is 7.92 Å². The maximum atomic E-state index is 4.74. The van der Waals surface area contributed by atoms with E-state index in [1.807, 2.05) is 18.5 Å². The molecular weight excluding hydrogens is 442 g/mol. The first-order chi connectivity index (χ1) is 12.9. The van der Waals surface area contributed by atoms with Crippen LogP contribution < -0.4 is 0 Å². The third kappa shape index (κ3) is 5.47. The van der Waals surface area contributed by atoms with E-state index in [4.69, 9.17) is 4.98 Å². The molecule has 4 rings (SSSR count). The maximum Gasteiger partial charge on any atom is 0.0921 e. The molecule has 0 aromatic carbocycles. The first-order valence-corrected chi connectivity index (χ1v) is 12.2. The molecule has 148 valence electrons. The summed E-state index contributed by atoms with van der Waals surface area (Å²) in [7, 11) is 0.0524. The van der Waals surface area contributed by atoms with Gasteiger partial charge in [0.2, 0.25) is 0 Å². The van der Waals surface area contributed by atoms with Gasteiger partial charge < -0.3 is 0 Å². The van der Waals surface area contributed by atoms with Crippen LogP contribution in [0.3, 0.4) is 0 Å². The minimum atomic E-state index is 0. The second-order valence-corrected chi connectivity index (χ2v) is 10.8. The molecule has 2 nitrogen and oxygen atoms in total. The van der Waals surface area contributed by atoms with Gasteiger partial charge >= 0.3 is 0 Å². The van der Waals surface area contributed by atoms with E-state index in [1.165, 1.54) is 75.9 Å². The third-order valence-electron chi connectivity index (χ3n) is 6.24. The first-order valence-electron chi connectivity index (χ1n) is 10.5. The van der Waals surface area contributed by atoms with E-state index in [9.17, 15) is 0 Å². The average Bonchev–Trinajstić information content (AvgIpc) is 2.74. The molecule has 2 aliphatic carbocycles. The van der Waals surface area contributed by atoms with E-state index in [-0.39, 0.29) is 28.3 Å². The Hall–Kier alpha value is -0.608. The third-order valence-corrected chi connectivity index (χ3v) is 9.85. The predicted molar refractivity (Wildman–Crippen MR) is 112 cm³/mol. The van der Waals surface area contributed by atoms with Gasteiger partial charge in [0, 0.05) is 32.8 Å². The molecule has 2 heterocycles. The summed E-state index contributed by atoms with van der Waals surface area (Å²) in [5.41, 5.74) is 5.56. The summed E-state index contributed by atoms with van der Waals surface area (Å²) in [5, 5.41) is 0. The van der Waals surface area contributed by atoms with Crippen molar-refractivity contribution < 1.29 is 20.4 Å². The van der Waals surface area contributed by atoms with Gasteiger partial charge in [0.25, 0.3) is 0 Å². The number of nitrogens with zero attached hydrogens (tertiary/aromatic N) is 2. The Bertz CT molecular complexity index is 664. The molecule has 0 amide bonds. The number of pyridine rings is 2. The number of rotatable bonds is 5. The topological polar surface area (TPSA) is 25.8 Å². The van der Waals surface area contributed by atoms with Crippen LogP contribution in [0.15, 0.2) is 42.7 Å². The van der Waals surface area contributed by atoms with Crippen LogP contribution in [0.4, 0.5) is 0 Å². The molecule has 0 aliphatic heterocycles. The van der Waals surface area contributed by atoms with Crippen LogP contribution in [0.1, 0.15) is 69.8 Å². The Balaban J connectivity index is 0.00000210. The van der Waals surface area contributed by atoms with Crippen molar-refractivity contribution in [1.82, 2.24) is 9.97 Å². The van der Waals surface area contributed by atoms with Crippen molar-refractivity contribution in [3.05, 3.63) is 48.3 Å². The van der Waals surface area contributed by atoms with Crippen molar-refractivity contribution in [2.24, 2.45) is 0 Å². The molecule has 0 bridgehead atoms. The van der Waals surface area contributed by atoms with Crippen LogP contribution in [-0.4, -0.2) is 21.3 Å². The largest absolute Gasteiger partial charge is 0.255 e. The average molecular weight is 473 g/mol. The molecule has 2 saturated carbocycles. The fourth-order valence-corrected chi connectivity index (χ4v) is 8.70. The summed E-state index contributed by atoms with van der Waals surface area (Å²) in [5.74, 6) is 0. The number of hydrogen-bond acceptors (Lipinski definition) is 2. The summed E-state index contributed by atoms with van der Waals surface area (Å²) in [6, 6.07) is 10.6. The van der Waals surface area contributed by atoms with Gasteiger partial charge in [0.1, 0.15) is 0 Å². The van der Waals surface area contributed by atoms with Crippen LogP contribution in [0, 0.1) is 0 Å². The van der Waals surface area contributed by atoms with Gasteiger partial charge in [-0.1, -0.05) is 58.6 Å². The zero-order valence-electron chi connectivity index (χ0n) is 16.1. The monoisotopic (exact) mass is 472 g/mol. The van der Waals surface area contributed by atoms with E-state index < -0.39 is 0 Å². The summed E-state index contributed by atoms with van der Waals surface area (Å²) in [6.45, 7) is 0. The van der Waals surface area contributed by atoms with Gasteiger partial charge in [0.15, 0.2) is 0 Å². The van der Waals surface area contributed by atoms with Gasteiger partial charge in [-0.2, -0.15) is 0 Å². The maximum absolute atomic E-state index is 4.74. The molecule has 0 atom stereocenters. The Morgan fingerprint density at radius 2 is 1.37 bits per heavy atom. The number of aromatic nitrogens is 2. The molecule has 2 aliphatic rings. The minimum Gasteiger partial charge on any atom is -0.255 e. The zero-order chi connectivity index (χ0) is 17.6. The van der Waals surface area contributed by atoms with E-state index in [2.05, 4.69) is 29.2 Å². The van der Waals surface area contributed by atoms with Crippen molar-refractivity contribution in [2.75, 3.05) is 0 Å². The van der Waals surface area contributed by atoms with Gasteiger partial charge in [-0.25, -0.2) is 0 Å². The van der Waals surface area contributed by atoms with Gasteiger partial charge in [0.05, 0.1) is 11.4 Å². The van der Waals surface area contributed by atoms with E-state index in [0.29, 0.717) is 0 Å². The molecule has 4 heteroatoms. The fraction of sp³-hybridized carbons (Fsp3) is 0.565. The Kier molecular flexibility index (Phi) is 8.45. The van der Waals surface area contributed by atoms with E-state index in [0.717, 1.165) is 22.7 Å². The molecule has 2 aromatic heterocycles. The SMILES string of the molecule is [Pd].c1ccc(-c2ncccc2CP(C2CCCCC2)C2CCCCC2)nc1. The number of hydrogen-bond donors (Lipinski definition) is 0. The smallest absolute Gasteiger partial charge is 0.0921 e. The molecule has 0 N–H and O–H groups in total. The Morgan fingerprint density at radius 3 is 1.96 bits per heavy atom. The summed E-state index contributed by atoms with van der Waals surface area (Å²) in [6.07, 6.45) is 19.7. The van der Waals surface area contributed by atoms with Crippen molar-refractivity contribution in [2.45, 2.75) is 81.7 Å². The molecule has 2 fully saturated rings. The van der Waals surface area contributed by atoms with Crippen LogP contribution in [0.5, 0.6) is 0 Å². The molecule has 0 saturated heterocycles. The van der Waals surface area contributed by atoms with Crippen molar-refractivity contribution in [1.29, 1.82) is 0 Å². The van der Waals surface area contributed by atoms with Gasteiger partial charge in [-0.3, -0.25) is 9.97 Å². The van der Waals surface area contributed by atoms with Crippen molar-refractivity contribution in [3.8, 4) is 11.4 Å². The second kappa shape index (κ2) is 10.8. The summed E-state index contributed by atoms with van der Waals surface area (Å²) >= 11 is 0. The van der Waals surface area contributed by atoms with Crippen LogP contribution in [0.2, 0.25) is 0 Å². The van der Waals surface area contributed by atoms with E-state index in [1.54, 1.807) is 0 Å². The van der Waals surface area contributed by atoms with Crippen LogP contribution in [0.25, 0.3) is 11.4 Å². The summed E-state index contributed by atoms with van der Waals surface area (Å²) < 4.78 is 0. The Labute approximate surface area is 179 Å². The van der Waals surface area contributed by atoms with Crippen molar-refractivity contribution >= 4 is 7.92 Å². The summed E-state index contributed by atoms with van der Waals surface area (Å²) in [4.78, 5) is 9.33. The molecule has 27 heavy (non-hydrogen) atoms. The second-order valence-electron chi connectivity index (χ2n) is 7.98. The molecular formula is C23H31N2PPd. The quantitative estimate of drug-likeness (QED) is 0.354. The van der Waals surface area contributed by atoms with Crippen molar-refractivity contribution in [3.63, 3.8) is 0 Å². The molecule has 0 radical (unpaired) electrons. The molecule has 2 aromatic rings. The predicted octanol–water partition coefficient (Wildman–Crippen LogP) is 6.79. The minimum absolute atomic E-state index is 0. The normalized spacial score (nSPS) is 19.0. The standard InChI is InChI=1S/C23H31N2P.Pd/c1-3-11-20(12-4-1)26(21-13-5-2-6-14-21)18-19-10-9-17-25-23(19)22-15-7-8-16-24-22;/h7-10,15-17,20-21H,1-6,11-14,18H2;. The van der Waals surface area contributed by atoms with Gasteiger partial charge in [-0.15, -0.1) is 0 Å². The molecule has 0 spiro atoms. The zero-order valence-corrected chi connectivity index (χ0v) is 18.6. The van der Waals surface area contributed by atoms with Crippen LogP contribution in [-0.2, 0) is 26.6 Å². The Morgan fingerprint density at radius 1 is 0.741 bits per heavy atom. The fourth-order valence-electron chi connectivity index (χ4n) is 4.88. The molecule has 0 unspecified atom stereocenters.